The van der Waals surface area contributed by atoms with Crippen molar-refractivity contribution in [3.8, 4) is 0 Å². The second-order valence-corrected chi connectivity index (χ2v) is 8.41. The van der Waals surface area contributed by atoms with Gasteiger partial charge in [0.05, 0.1) is 13.2 Å². The van der Waals surface area contributed by atoms with E-state index < -0.39 is 31.0 Å². The minimum Gasteiger partial charge on any atom is -0.457 e. The second kappa shape index (κ2) is 17.0. The summed E-state index contributed by atoms with van der Waals surface area (Å²) in [7, 11) is 0. The van der Waals surface area contributed by atoms with Crippen LogP contribution in [0.2, 0.25) is 0 Å². The molecule has 0 radical (unpaired) electrons. The zero-order valence-electron chi connectivity index (χ0n) is 18.4. The van der Waals surface area contributed by atoms with Crippen LogP contribution in [-0.4, -0.2) is 58.9 Å². The number of hydrogen-bond donors (Lipinski definition) is 3. The fourth-order valence-electron chi connectivity index (χ4n) is 3.85. The normalized spacial score (nSPS) is 22.7. The Labute approximate surface area is 177 Å². The molecule has 0 bridgehead atoms. The molecule has 1 rings (SSSR count). The monoisotopic (exact) mass is 416 g/mol. The summed E-state index contributed by atoms with van der Waals surface area (Å²) in [5.74, 6) is -0.389. The van der Waals surface area contributed by atoms with E-state index in [1.54, 1.807) is 0 Å². The molecule has 1 aliphatic heterocycles. The average molecular weight is 417 g/mol. The van der Waals surface area contributed by atoms with Crippen LogP contribution < -0.4 is 0 Å². The number of aliphatic hydroxyl groups excluding tert-OH is 3. The SMILES string of the molecule is CCCCCCCCCCCCCCCCC(=O)O[C@H](CO)[C@H]1OC[C@H](O)[C@H]1O. The van der Waals surface area contributed by atoms with Crippen molar-refractivity contribution in [3.05, 3.63) is 0 Å². The van der Waals surface area contributed by atoms with E-state index >= 15 is 0 Å². The van der Waals surface area contributed by atoms with Crippen molar-refractivity contribution in [2.45, 2.75) is 128 Å². The Morgan fingerprint density at radius 3 is 1.79 bits per heavy atom. The maximum Gasteiger partial charge on any atom is 0.306 e. The summed E-state index contributed by atoms with van der Waals surface area (Å²) < 4.78 is 10.5. The molecular weight excluding hydrogens is 372 g/mol. The predicted molar refractivity (Wildman–Crippen MR) is 114 cm³/mol. The molecule has 1 saturated heterocycles. The van der Waals surface area contributed by atoms with E-state index in [9.17, 15) is 20.1 Å². The molecule has 0 amide bonds. The van der Waals surface area contributed by atoms with Gasteiger partial charge in [0.25, 0.3) is 0 Å². The van der Waals surface area contributed by atoms with Gasteiger partial charge in [-0.1, -0.05) is 90.4 Å². The third-order valence-electron chi connectivity index (χ3n) is 5.75. The van der Waals surface area contributed by atoms with Gasteiger partial charge in [0.15, 0.2) is 6.10 Å². The van der Waals surface area contributed by atoms with Crippen LogP contribution in [-0.2, 0) is 14.3 Å². The van der Waals surface area contributed by atoms with Crippen molar-refractivity contribution >= 4 is 5.97 Å². The summed E-state index contributed by atoms with van der Waals surface area (Å²) in [5.41, 5.74) is 0. The van der Waals surface area contributed by atoms with Crippen LogP contribution in [0.1, 0.15) is 103 Å². The number of hydrogen-bond acceptors (Lipinski definition) is 6. The minimum atomic E-state index is -1.14. The number of carbonyl (C=O) groups is 1. The Kier molecular flexibility index (Phi) is 15.5. The fraction of sp³-hybridized carbons (Fsp3) is 0.957. The first-order valence-corrected chi connectivity index (χ1v) is 11.9. The van der Waals surface area contributed by atoms with Crippen molar-refractivity contribution in [3.63, 3.8) is 0 Å². The molecule has 0 saturated carbocycles. The maximum atomic E-state index is 11.9. The third kappa shape index (κ3) is 11.9. The summed E-state index contributed by atoms with van der Waals surface area (Å²) in [4.78, 5) is 11.9. The molecule has 4 atom stereocenters. The Bertz CT molecular complexity index is 403. The lowest BCUT2D eigenvalue weighted by atomic mass is 10.0. The third-order valence-corrected chi connectivity index (χ3v) is 5.75. The molecule has 1 fully saturated rings. The summed E-state index contributed by atoms with van der Waals surface area (Å²) in [6.07, 6.45) is 14.0. The lowest BCUT2D eigenvalue weighted by molar-refractivity contribution is -0.162. The highest BCUT2D eigenvalue weighted by molar-refractivity contribution is 5.69. The highest BCUT2D eigenvalue weighted by Gasteiger charge is 2.41. The molecule has 0 aromatic rings. The van der Waals surface area contributed by atoms with E-state index in [2.05, 4.69) is 6.92 Å². The Morgan fingerprint density at radius 1 is 0.897 bits per heavy atom. The topological polar surface area (TPSA) is 96.2 Å². The van der Waals surface area contributed by atoms with E-state index in [-0.39, 0.29) is 12.6 Å². The molecule has 0 aromatic heterocycles. The first-order valence-electron chi connectivity index (χ1n) is 11.9. The number of unbranched alkanes of at least 4 members (excludes halogenated alkanes) is 13. The maximum absolute atomic E-state index is 11.9. The molecule has 6 heteroatoms. The van der Waals surface area contributed by atoms with Gasteiger partial charge >= 0.3 is 5.97 Å². The molecule has 0 aliphatic carbocycles. The van der Waals surface area contributed by atoms with Crippen LogP contribution in [0, 0.1) is 0 Å². The van der Waals surface area contributed by atoms with Crippen molar-refractivity contribution in [2.75, 3.05) is 13.2 Å². The Hall–Kier alpha value is -0.690. The molecule has 172 valence electrons. The highest BCUT2D eigenvalue weighted by Crippen LogP contribution is 2.20. The van der Waals surface area contributed by atoms with E-state index in [1.165, 1.54) is 70.6 Å². The standard InChI is InChI=1S/C23H44O6/c1-2-3-4-5-6-7-8-9-10-11-12-13-14-15-16-21(26)29-20(17-24)23-22(27)19(25)18-28-23/h19-20,22-25,27H,2-18H2,1H3/t19-,20+,22+,23+/m0/s1. The zero-order chi connectivity index (χ0) is 21.3. The molecule has 29 heavy (non-hydrogen) atoms. The van der Waals surface area contributed by atoms with Gasteiger partial charge in [-0.25, -0.2) is 0 Å². The molecule has 1 aliphatic rings. The van der Waals surface area contributed by atoms with Crippen LogP contribution in [0.5, 0.6) is 0 Å². The summed E-state index contributed by atoms with van der Waals surface area (Å²) in [6, 6.07) is 0. The predicted octanol–water partition coefficient (Wildman–Crippen LogP) is 3.88. The van der Waals surface area contributed by atoms with Gasteiger partial charge < -0.3 is 24.8 Å². The average Bonchev–Trinajstić information content (AvgIpc) is 3.05. The van der Waals surface area contributed by atoms with Crippen LogP contribution in [0.3, 0.4) is 0 Å². The molecule has 1 heterocycles. The van der Waals surface area contributed by atoms with Crippen LogP contribution in [0.15, 0.2) is 0 Å². The second-order valence-electron chi connectivity index (χ2n) is 8.41. The summed E-state index contributed by atoms with van der Waals surface area (Å²) in [6.45, 7) is 1.81. The van der Waals surface area contributed by atoms with Gasteiger partial charge in [-0.05, 0) is 6.42 Å². The largest absolute Gasteiger partial charge is 0.457 e. The number of ether oxygens (including phenoxy) is 2. The lowest BCUT2D eigenvalue weighted by Crippen LogP contribution is -2.43. The van der Waals surface area contributed by atoms with E-state index in [0.29, 0.717) is 6.42 Å². The summed E-state index contributed by atoms with van der Waals surface area (Å²) in [5, 5.41) is 28.7. The molecule has 0 spiro atoms. The van der Waals surface area contributed by atoms with Crippen molar-refractivity contribution in [1.82, 2.24) is 0 Å². The van der Waals surface area contributed by atoms with Crippen molar-refractivity contribution < 1.29 is 29.6 Å². The van der Waals surface area contributed by atoms with Crippen LogP contribution in [0.25, 0.3) is 0 Å². The first kappa shape index (κ1) is 26.3. The molecule has 0 unspecified atom stereocenters. The van der Waals surface area contributed by atoms with Crippen molar-refractivity contribution in [2.24, 2.45) is 0 Å². The highest BCUT2D eigenvalue weighted by atomic mass is 16.6. The Balaban J connectivity index is 1.92. The zero-order valence-corrected chi connectivity index (χ0v) is 18.4. The van der Waals surface area contributed by atoms with Gasteiger partial charge in [-0.3, -0.25) is 4.79 Å². The van der Waals surface area contributed by atoms with E-state index in [4.69, 9.17) is 9.47 Å². The van der Waals surface area contributed by atoms with Gasteiger partial charge in [0.2, 0.25) is 0 Å². The molecular formula is C23H44O6. The van der Waals surface area contributed by atoms with Crippen LogP contribution >= 0.6 is 0 Å². The van der Waals surface area contributed by atoms with Gasteiger partial charge in [0, 0.05) is 6.42 Å². The molecule has 6 nitrogen and oxygen atoms in total. The van der Waals surface area contributed by atoms with Gasteiger partial charge in [-0.15, -0.1) is 0 Å². The van der Waals surface area contributed by atoms with Gasteiger partial charge in [-0.2, -0.15) is 0 Å². The van der Waals surface area contributed by atoms with Crippen molar-refractivity contribution in [1.29, 1.82) is 0 Å². The quantitative estimate of drug-likeness (QED) is 0.232. The fourth-order valence-corrected chi connectivity index (χ4v) is 3.85. The molecule has 0 aromatic carbocycles. The molecule has 3 N–H and O–H groups in total. The number of aliphatic hydroxyl groups is 3. The smallest absolute Gasteiger partial charge is 0.306 e. The van der Waals surface area contributed by atoms with Gasteiger partial charge in [0.1, 0.15) is 18.3 Å². The number of esters is 1. The lowest BCUT2D eigenvalue weighted by Gasteiger charge is -2.24. The Morgan fingerprint density at radius 2 is 1.38 bits per heavy atom. The summed E-state index contributed by atoms with van der Waals surface area (Å²) >= 11 is 0. The van der Waals surface area contributed by atoms with Crippen LogP contribution in [0.4, 0.5) is 0 Å². The first-order chi connectivity index (χ1) is 14.1. The minimum absolute atomic E-state index is 0.0150. The van der Waals surface area contributed by atoms with E-state index in [1.807, 2.05) is 0 Å². The van der Waals surface area contributed by atoms with E-state index in [0.717, 1.165) is 19.3 Å². The number of carbonyl (C=O) groups excluding carboxylic acids is 1. The number of rotatable bonds is 18.